The van der Waals surface area contributed by atoms with Gasteiger partial charge in [-0.25, -0.2) is 8.42 Å². The van der Waals surface area contributed by atoms with E-state index in [9.17, 15) is 13.2 Å². The predicted molar refractivity (Wildman–Crippen MR) is 59.2 cm³/mol. The molecular weight excluding hydrogens is 214 g/mol. The Kier molecular flexibility index (Phi) is 3.89. The second kappa shape index (κ2) is 4.61. The van der Waals surface area contributed by atoms with Gasteiger partial charge in [-0.3, -0.25) is 4.79 Å². The van der Waals surface area contributed by atoms with E-state index in [-0.39, 0.29) is 17.0 Å². The number of sulfone groups is 1. The van der Waals surface area contributed by atoms with E-state index in [0.717, 1.165) is 12.8 Å². The summed E-state index contributed by atoms with van der Waals surface area (Å²) in [4.78, 5) is 11.7. The summed E-state index contributed by atoms with van der Waals surface area (Å²) in [5.74, 6) is -0.151. The first kappa shape index (κ1) is 12.6. The number of carbonyl (C=O) groups excluding carboxylic acids is 1. The lowest BCUT2D eigenvalue weighted by atomic mass is 9.84. The number of hydrogen-bond acceptors (Lipinski definition) is 4. The van der Waals surface area contributed by atoms with Crippen LogP contribution in [0.15, 0.2) is 0 Å². The molecular formula is C10H19NO3S. The molecule has 15 heavy (non-hydrogen) atoms. The summed E-state index contributed by atoms with van der Waals surface area (Å²) in [5.41, 5.74) is 5.52. The van der Waals surface area contributed by atoms with E-state index in [1.807, 2.05) is 0 Å². The Morgan fingerprint density at radius 3 is 2.47 bits per heavy atom. The van der Waals surface area contributed by atoms with Crippen LogP contribution in [-0.4, -0.2) is 31.7 Å². The maximum absolute atomic E-state index is 11.7. The van der Waals surface area contributed by atoms with E-state index in [2.05, 4.69) is 0 Å². The Morgan fingerprint density at radius 1 is 1.40 bits per heavy atom. The van der Waals surface area contributed by atoms with Crippen LogP contribution in [0.3, 0.4) is 0 Å². The molecule has 0 amide bonds. The molecule has 0 radical (unpaired) electrons. The Balaban J connectivity index is 2.69. The van der Waals surface area contributed by atoms with Gasteiger partial charge in [-0.1, -0.05) is 6.42 Å². The minimum Gasteiger partial charge on any atom is -0.322 e. The van der Waals surface area contributed by atoms with Gasteiger partial charge >= 0.3 is 0 Å². The van der Waals surface area contributed by atoms with Crippen molar-refractivity contribution in [2.45, 2.75) is 43.9 Å². The molecule has 0 aliphatic heterocycles. The molecule has 0 aromatic rings. The zero-order valence-corrected chi connectivity index (χ0v) is 10.1. The van der Waals surface area contributed by atoms with Gasteiger partial charge in [0.1, 0.15) is 9.84 Å². The molecule has 88 valence electrons. The number of rotatable bonds is 3. The van der Waals surface area contributed by atoms with Crippen molar-refractivity contribution in [3.8, 4) is 0 Å². The quantitative estimate of drug-likeness (QED) is 0.770. The molecule has 3 atom stereocenters. The number of nitrogens with two attached hydrogens (primary N) is 1. The predicted octanol–water partition coefficient (Wildman–Crippen LogP) is 0.506. The molecule has 2 N–H and O–H groups in total. The summed E-state index contributed by atoms with van der Waals surface area (Å²) in [5, 5.41) is -0.348. The maximum atomic E-state index is 11.7. The van der Waals surface area contributed by atoms with Crippen molar-refractivity contribution >= 4 is 15.6 Å². The van der Waals surface area contributed by atoms with Gasteiger partial charge in [0.05, 0.1) is 11.3 Å². The second-order valence-corrected chi connectivity index (χ2v) is 6.83. The summed E-state index contributed by atoms with van der Waals surface area (Å²) >= 11 is 0. The van der Waals surface area contributed by atoms with Gasteiger partial charge in [0, 0.05) is 12.2 Å². The Hall–Kier alpha value is -0.420. The molecule has 0 spiro atoms. The molecule has 1 rings (SSSR count). The van der Waals surface area contributed by atoms with E-state index in [4.69, 9.17) is 5.73 Å². The highest BCUT2D eigenvalue weighted by Crippen LogP contribution is 2.29. The minimum absolute atomic E-state index is 0.00310. The van der Waals surface area contributed by atoms with Crippen LogP contribution < -0.4 is 5.73 Å². The van der Waals surface area contributed by atoms with Gasteiger partial charge < -0.3 is 5.73 Å². The third-order valence-electron chi connectivity index (χ3n) is 3.08. The molecule has 0 heterocycles. The van der Waals surface area contributed by atoms with Crippen LogP contribution >= 0.6 is 0 Å². The van der Waals surface area contributed by atoms with Crippen molar-refractivity contribution in [3.63, 3.8) is 0 Å². The van der Waals surface area contributed by atoms with Crippen molar-refractivity contribution in [1.82, 2.24) is 0 Å². The molecule has 0 saturated heterocycles. The topological polar surface area (TPSA) is 77.2 Å². The third kappa shape index (κ3) is 3.28. The summed E-state index contributed by atoms with van der Waals surface area (Å²) in [6.45, 7) is 1.66. The molecule has 5 heteroatoms. The standard InChI is InChI=1S/C10H19NO3S/c1-7(11)10(12)8-4-3-5-9(6-8)15(2,13)14/h7-9H,3-6,11H2,1-2H3. The smallest absolute Gasteiger partial charge is 0.152 e. The van der Waals surface area contributed by atoms with Crippen molar-refractivity contribution in [2.75, 3.05) is 6.26 Å². The molecule has 1 aliphatic rings. The molecule has 0 aromatic heterocycles. The van der Waals surface area contributed by atoms with Gasteiger partial charge in [0.25, 0.3) is 0 Å². The minimum atomic E-state index is -3.01. The van der Waals surface area contributed by atoms with Crippen LogP contribution in [0, 0.1) is 5.92 Å². The first-order chi connectivity index (χ1) is 6.82. The second-order valence-electron chi connectivity index (χ2n) is 4.51. The summed E-state index contributed by atoms with van der Waals surface area (Å²) < 4.78 is 22.8. The molecule has 0 bridgehead atoms. The Labute approximate surface area is 91.1 Å². The Morgan fingerprint density at radius 2 is 2.00 bits per heavy atom. The molecule has 3 unspecified atom stereocenters. The summed E-state index contributed by atoms with van der Waals surface area (Å²) in [6.07, 6.45) is 3.98. The molecule has 1 fully saturated rings. The van der Waals surface area contributed by atoms with E-state index < -0.39 is 15.9 Å². The average Bonchev–Trinajstić information content (AvgIpc) is 2.15. The number of hydrogen-bond donors (Lipinski definition) is 1. The maximum Gasteiger partial charge on any atom is 0.152 e. The molecule has 0 aromatic carbocycles. The lowest BCUT2D eigenvalue weighted by molar-refractivity contribution is -0.124. The van der Waals surface area contributed by atoms with Crippen molar-refractivity contribution in [2.24, 2.45) is 11.7 Å². The van der Waals surface area contributed by atoms with Gasteiger partial charge in [-0.2, -0.15) is 0 Å². The van der Waals surface area contributed by atoms with Gasteiger partial charge in [0.2, 0.25) is 0 Å². The van der Waals surface area contributed by atoms with Crippen LogP contribution in [0.5, 0.6) is 0 Å². The molecule has 1 saturated carbocycles. The highest BCUT2D eigenvalue weighted by atomic mass is 32.2. The number of Topliss-reactive ketones (excluding diaryl/α,β-unsaturated/α-hetero) is 1. The van der Waals surface area contributed by atoms with E-state index >= 15 is 0 Å². The van der Waals surface area contributed by atoms with Gasteiger partial charge in [0.15, 0.2) is 5.78 Å². The fourth-order valence-corrected chi connectivity index (χ4v) is 3.34. The highest BCUT2D eigenvalue weighted by Gasteiger charge is 2.33. The lowest BCUT2D eigenvalue weighted by Crippen LogP contribution is -2.38. The van der Waals surface area contributed by atoms with Crippen molar-refractivity contribution < 1.29 is 13.2 Å². The first-order valence-corrected chi connectivity index (χ1v) is 7.26. The van der Waals surface area contributed by atoms with Crippen LogP contribution in [0.25, 0.3) is 0 Å². The number of ketones is 1. The zero-order chi connectivity index (χ0) is 11.6. The zero-order valence-electron chi connectivity index (χ0n) is 9.27. The monoisotopic (exact) mass is 233 g/mol. The van der Waals surface area contributed by atoms with E-state index in [0.29, 0.717) is 12.8 Å². The highest BCUT2D eigenvalue weighted by molar-refractivity contribution is 7.91. The van der Waals surface area contributed by atoms with Crippen molar-refractivity contribution in [3.05, 3.63) is 0 Å². The van der Waals surface area contributed by atoms with E-state index in [1.165, 1.54) is 6.26 Å². The lowest BCUT2D eigenvalue weighted by Gasteiger charge is -2.27. The first-order valence-electron chi connectivity index (χ1n) is 5.30. The Bertz CT molecular complexity index is 335. The largest absolute Gasteiger partial charge is 0.322 e. The van der Waals surface area contributed by atoms with Crippen LogP contribution in [0.1, 0.15) is 32.6 Å². The van der Waals surface area contributed by atoms with Crippen molar-refractivity contribution in [1.29, 1.82) is 0 Å². The van der Waals surface area contributed by atoms with Crippen LogP contribution in [-0.2, 0) is 14.6 Å². The fourth-order valence-electron chi connectivity index (χ4n) is 2.16. The molecule has 4 nitrogen and oxygen atoms in total. The fraction of sp³-hybridized carbons (Fsp3) is 0.900. The third-order valence-corrected chi connectivity index (χ3v) is 4.72. The average molecular weight is 233 g/mol. The van der Waals surface area contributed by atoms with Crippen LogP contribution in [0.2, 0.25) is 0 Å². The molecule has 1 aliphatic carbocycles. The summed E-state index contributed by atoms with van der Waals surface area (Å²) in [6, 6.07) is -0.478. The normalized spacial score (nSPS) is 29.8. The number of carbonyl (C=O) groups is 1. The SMILES string of the molecule is CC(N)C(=O)C1CCCC(S(C)(=O)=O)C1. The van der Waals surface area contributed by atoms with E-state index in [1.54, 1.807) is 6.92 Å². The summed E-state index contributed by atoms with van der Waals surface area (Å²) in [7, 11) is -3.01. The van der Waals surface area contributed by atoms with Gasteiger partial charge in [-0.15, -0.1) is 0 Å². The van der Waals surface area contributed by atoms with Gasteiger partial charge in [-0.05, 0) is 26.2 Å². The van der Waals surface area contributed by atoms with Crippen LogP contribution in [0.4, 0.5) is 0 Å².